The molecule has 0 spiro atoms. The van der Waals surface area contributed by atoms with Gasteiger partial charge in [-0.25, -0.2) is 0 Å². The van der Waals surface area contributed by atoms with Crippen molar-refractivity contribution in [3.63, 3.8) is 0 Å². The van der Waals surface area contributed by atoms with Crippen LogP contribution in [0.3, 0.4) is 0 Å². The van der Waals surface area contributed by atoms with Crippen molar-refractivity contribution < 1.29 is 0 Å². The molecule has 2 unspecified atom stereocenters. The Morgan fingerprint density at radius 1 is 1.20 bits per heavy atom. The van der Waals surface area contributed by atoms with Crippen LogP contribution < -0.4 is 0 Å². The fourth-order valence-electron chi connectivity index (χ4n) is 1.43. The Labute approximate surface area is 62.0 Å². The van der Waals surface area contributed by atoms with Gasteiger partial charge in [0.1, 0.15) is 0 Å². The highest BCUT2D eigenvalue weighted by molar-refractivity contribution is 5.29. The summed E-state index contributed by atoms with van der Waals surface area (Å²) in [7, 11) is 0. The molecular weight excluding hydrogens is 120 g/mol. The average Bonchev–Trinajstić information content (AvgIpc) is 2.66. The van der Waals surface area contributed by atoms with Gasteiger partial charge in [-0.3, -0.25) is 0 Å². The van der Waals surface area contributed by atoms with Crippen LogP contribution in [0.5, 0.6) is 0 Å². The lowest BCUT2D eigenvalue weighted by Crippen LogP contribution is -1.79. The Balaban J connectivity index is 2.08. The molecule has 2 aliphatic rings. The van der Waals surface area contributed by atoms with E-state index in [9.17, 15) is 0 Å². The summed E-state index contributed by atoms with van der Waals surface area (Å²) in [6, 6.07) is 0. The third-order valence-electron chi connectivity index (χ3n) is 2.21. The Morgan fingerprint density at radius 2 is 2.20 bits per heavy atom. The number of fused-ring (bicyclic) bond motifs is 1. The van der Waals surface area contributed by atoms with Crippen LogP contribution in [-0.4, -0.2) is 0 Å². The first-order chi connectivity index (χ1) is 4.97. The molecule has 1 saturated carbocycles. The van der Waals surface area contributed by atoms with Crippen molar-refractivity contribution in [3.05, 3.63) is 0 Å². The third-order valence-corrected chi connectivity index (χ3v) is 2.21. The van der Waals surface area contributed by atoms with Crippen molar-refractivity contribution in [2.45, 2.75) is 25.7 Å². The largest absolute Gasteiger partial charge is 0.0891 e. The molecule has 50 valence electrons. The molecule has 2 rings (SSSR count). The molecule has 0 amide bonds. The number of hydrogen-bond donors (Lipinski definition) is 0. The van der Waals surface area contributed by atoms with Gasteiger partial charge < -0.3 is 0 Å². The van der Waals surface area contributed by atoms with E-state index >= 15 is 0 Å². The first-order valence-corrected chi connectivity index (χ1v) is 3.95. The summed E-state index contributed by atoms with van der Waals surface area (Å²) in [4.78, 5) is 0. The standard InChI is InChI=1S/C10H10/c1-2-4-6-9-8-10(9)7-5-3-1/h9-10H,2,4,6,8H2. The first kappa shape index (κ1) is 5.87. The van der Waals surface area contributed by atoms with Gasteiger partial charge in [0.05, 0.1) is 0 Å². The molecule has 10 heavy (non-hydrogen) atoms. The van der Waals surface area contributed by atoms with Gasteiger partial charge in [-0.15, -0.1) is 0 Å². The molecule has 0 aromatic rings. The van der Waals surface area contributed by atoms with Crippen LogP contribution in [0.25, 0.3) is 0 Å². The second kappa shape index (κ2) is 2.39. The smallest absolute Gasteiger partial charge is 0.0244 e. The molecule has 0 N–H and O–H groups in total. The molecule has 0 bridgehead atoms. The predicted octanol–water partition coefficient (Wildman–Crippen LogP) is 1.81. The summed E-state index contributed by atoms with van der Waals surface area (Å²) in [6.45, 7) is 0. The quantitative estimate of drug-likeness (QED) is 0.439. The summed E-state index contributed by atoms with van der Waals surface area (Å²) in [5.41, 5.74) is 0. The van der Waals surface area contributed by atoms with Gasteiger partial charge in [0, 0.05) is 12.3 Å². The molecule has 0 heterocycles. The summed E-state index contributed by atoms with van der Waals surface area (Å²) in [6.07, 6.45) is 5.03. The van der Waals surface area contributed by atoms with Crippen molar-refractivity contribution in [1.82, 2.24) is 0 Å². The number of hydrogen-bond acceptors (Lipinski definition) is 0. The van der Waals surface area contributed by atoms with E-state index < -0.39 is 0 Å². The minimum absolute atomic E-state index is 0.715. The lowest BCUT2D eigenvalue weighted by atomic mass is 10.1. The minimum atomic E-state index is 0.715. The van der Waals surface area contributed by atoms with E-state index in [-0.39, 0.29) is 0 Å². The summed E-state index contributed by atoms with van der Waals surface area (Å²) in [5, 5.41) is 0. The Kier molecular flexibility index (Phi) is 1.40. The molecule has 1 fully saturated rings. The van der Waals surface area contributed by atoms with Gasteiger partial charge in [-0.05, 0) is 37.0 Å². The Hall–Kier alpha value is -0.880. The van der Waals surface area contributed by atoms with Crippen LogP contribution in [0.4, 0.5) is 0 Å². The monoisotopic (exact) mass is 130 g/mol. The molecule has 0 aromatic heterocycles. The van der Waals surface area contributed by atoms with Gasteiger partial charge in [0.25, 0.3) is 0 Å². The zero-order valence-corrected chi connectivity index (χ0v) is 5.98. The SMILES string of the molecule is C1#CCCCC2CC2C#C1. The van der Waals surface area contributed by atoms with E-state index in [2.05, 4.69) is 23.7 Å². The first-order valence-electron chi connectivity index (χ1n) is 3.95. The molecule has 0 aromatic carbocycles. The van der Waals surface area contributed by atoms with Crippen LogP contribution in [0.2, 0.25) is 0 Å². The Bertz CT molecular complexity index is 241. The topological polar surface area (TPSA) is 0 Å². The van der Waals surface area contributed by atoms with Gasteiger partial charge >= 0.3 is 0 Å². The van der Waals surface area contributed by atoms with Gasteiger partial charge in [-0.1, -0.05) is 11.8 Å². The molecule has 0 heteroatoms. The second-order valence-corrected chi connectivity index (χ2v) is 3.07. The van der Waals surface area contributed by atoms with E-state index in [1.54, 1.807) is 0 Å². The fourth-order valence-corrected chi connectivity index (χ4v) is 1.43. The van der Waals surface area contributed by atoms with E-state index in [0.29, 0.717) is 5.92 Å². The molecule has 0 aliphatic heterocycles. The fraction of sp³-hybridized carbons (Fsp3) is 0.600. The summed E-state index contributed by atoms with van der Waals surface area (Å²) < 4.78 is 0. The van der Waals surface area contributed by atoms with Crippen molar-refractivity contribution in [2.75, 3.05) is 0 Å². The van der Waals surface area contributed by atoms with Crippen LogP contribution in [-0.2, 0) is 0 Å². The molecule has 2 aliphatic carbocycles. The summed E-state index contributed by atoms with van der Waals surface area (Å²) in [5.74, 6) is 13.6. The third kappa shape index (κ3) is 1.17. The molecule has 0 nitrogen and oxygen atoms in total. The number of rotatable bonds is 0. The van der Waals surface area contributed by atoms with Crippen molar-refractivity contribution in [2.24, 2.45) is 11.8 Å². The zero-order chi connectivity index (χ0) is 6.81. The van der Waals surface area contributed by atoms with Crippen LogP contribution in [0.15, 0.2) is 0 Å². The average molecular weight is 130 g/mol. The van der Waals surface area contributed by atoms with E-state index in [0.717, 1.165) is 12.3 Å². The highest BCUT2D eigenvalue weighted by Gasteiger charge is 2.34. The van der Waals surface area contributed by atoms with Crippen LogP contribution >= 0.6 is 0 Å². The molecule has 2 atom stereocenters. The van der Waals surface area contributed by atoms with E-state index in [4.69, 9.17) is 0 Å². The lowest BCUT2D eigenvalue weighted by Gasteiger charge is -1.90. The lowest BCUT2D eigenvalue weighted by molar-refractivity contribution is 0.661. The Morgan fingerprint density at radius 3 is 3.20 bits per heavy atom. The zero-order valence-electron chi connectivity index (χ0n) is 5.98. The van der Waals surface area contributed by atoms with Gasteiger partial charge in [0.2, 0.25) is 0 Å². The van der Waals surface area contributed by atoms with Crippen LogP contribution in [0.1, 0.15) is 25.7 Å². The van der Waals surface area contributed by atoms with E-state index in [1.165, 1.54) is 19.3 Å². The maximum atomic E-state index is 3.17. The summed E-state index contributed by atoms with van der Waals surface area (Å²) >= 11 is 0. The minimum Gasteiger partial charge on any atom is -0.0891 e. The normalized spacial score (nSPS) is 34.4. The van der Waals surface area contributed by atoms with Crippen LogP contribution in [0, 0.1) is 35.5 Å². The van der Waals surface area contributed by atoms with Crippen molar-refractivity contribution >= 4 is 0 Å². The maximum Gasteiger partial charge on any atom is 0.0244 e. The van der Waals surface area contributed by atoms with E-state index in [1.807, 2.05) is 0 Å². The highest BCUT2D eigenvalue weighted by Crippen LogP contribution is 2.41. The molecule has 0 saturated heterocycles. The second-order valence-electron chi connectivity index (χ2n) is 3.07. The van der Waals surface area contributed by atoms with Crippen molar-refractivity contribution in [1.29, 1.82) is 0 Å². The van der Waals surface area contributed by atoms with Gasteiger partial charge in [-0.2, -0.15) is 0 Å². The predicted molar refractivity (Wildman–Crippen MR) is 41.0 cm³/mol. The highest BCUT2D eigenvalue weighted by atomic mass is 14.4. The molecular formula is C10H10. The van der Waals surface area contributed by atoms with Crippen molar-refractivity contribution in [3.8, 4) is 23.7 Å². The van der Waals surface area contributed by atoms with Gasteiger partial charge in [0.15, 0.2) is 0 Å². The molecule has 0 radical (unpaired) electrons. The maximum absolute atomic E-state index is 3.17.